The molecule has 3 rings (SSSR count). The summed E-state index contributed by atoms with van der Waals surface area (Å²) in [6, 6.07) is 4.05. The van der Waals surface area contributed by atoms with Crippen molar-refractivity contribution in [3.05, 3.63) is 35.7 Å². The van der Waals surface area contributed by atoms with Gasteiger partial charge in [-0.05, 0) is 43.4 Å². The van der Waals surface area contributed by atoms with Crippen molar-refractivity contribution in [3.8, 4) is 0 Å². The van der Waals surface area contributed by atoms with E-state index in [0.717, 1.165) is 35.9 Å². The van der Waals surface area contributed by atoms with E-state index >= 15 is 0 Å². The minimum absolute atomic E-state index is 0.254. The van der Waals surface area contributed by atoms with Crippen molar-refractivity contribution in [2.75, 3.05) is 6.54 Å². The fourth-order valence-electron chi connectivity index (χ4n) is 2.77. The van der Waals surface area contributed by atoms with Crippen LogP contribution in [0.25, 0.3) is 5.52 Å². The third-order valence-corrected chi connectivity index (χ3v) is 4.06. The van der Waals surface area contributed by atoms with Crippen LogP contribution in [0, 0.1) is 6.92 Å². The Bertz CT molecular complexity index is 587. The van der Waals surface area contributed by atoms with E-state index in [1.807, 2.05) is 36.0 Å². The summed E-state index contributed by atoms with van der Waals surface area (Å²) in [5.74, 6) is 0. The molecule has 1 aliphatic carbocycles. The molecule has 0 spiro atoms. The van der Waals surface area contributed by atoms with Crippen LogP contribution >= 0.6 is 0 Å². The fraction of sp³-hybridized carbons (Fsp3) is 0.500. The number of hydrogen-bond donors (Lipinski definition) is 1. The zero-order valence-corrected chi connectivity index (χ0v) is 10.9. The Morgan fingerprint density at radius 2 is 2.21 bits per heavy atom. The van der Waals surface area contributed by atoms with E-state index < -0.39 is 6.43 Å². The highest BCUT2D eigenvalue weighted by molar-refractivity contribution is 5.54. The van der Waals surface area contributed by atoms with E-state index in [1.165, 1.54) is 0 Å². The van der Waals surface area contributed by atoms with E-state index in [9.17, 15) is 8.78 Å². The van der Waals surface area contributed by atoms with Gasteiger partial charge in [0, 0.05) is 11.7 Å². The normalized spacial score (nSPS) is 17.9. The van der Waals surface area contributed by atoms with Crippen molar-refractivity contribution in [1.29, 1.82) is 0 Å². The third-order valence-electron chi connectivity index (χ3n) is 4.06. The minimum Gasteiger partial charge on any atom is -0.302 e. The first kappa shape index (κ1) is 12.5. The van der Waals surface area contributed by atoms with Crippen molar-refractivity contribution < 1.29 is 8.78 Å². The minimum atomic E-state index is -2.31. The smallest absolute Gasteiger partial charge is 0.250 e. The monoisotopic (exact) mass is 265 g/mol. The second kappa shape index (κ2) is 4.56. The van der Waals surface area contributed by atoms with E-state index in [2.05, 4.69) is 10.4 Å². The maximum atomic E-state index is 12.4. The lowest BCUT2D eigenvalue weighted by Crippen LogP contribution is -2.49. The Kier molecular flexibility index (Phi) is 3.01. The molecule has 0 amide bonds. The van der Waals surface area contributed by atoms with E-state index in [-0.39, 0.29) is 12.1 Å². The van der Waals surface area contributed by atoms with Crippen LogP contribution in [0.3, 0.4) is 0 Å². The number of aryl methyl sites for hydroxylation is 1. The maximum absolute atomic E-state index is 12.4. The van der Waals surface area contributed by atoms with Gasteiger partial charge >= 0.3 is 0 Å². The Morgan fingerprint density at radius 1 is 1.42 bits per heavy atom. The molecule has 0 atom stereocenters. The number of alkyl halides is 2. The molecule has 102 valence electrons. The average Bonchev–Trinajstić information content (AvgIpc) is 2.69. The standard InChI is InChI=1S/C14H17F2N3/c1-10-7-18-19-9-11(3-4-12(10)19)14(5-2-6-14)17-8-13(15)16/h3-4,7,9,13,17H,2,5-6,8H2,1H3. The summed E-state index contributed by atoms with van der Waals surface area (Å²) in [7, 11) is 0. The van der Waals surface area contributed by atoms with Crippen LogP contribution in [0.15, 0.2) is 24.5 Å². The summed E-state index contributed by atoms with van der Waals surface area (Å²) in [6.45, 7) is 1.76. The second-order valence-corrected chi connectivity index (χ2v) is 5.28. The highest BCUT2D eigenvalue weighted by atomic mass is 19.3. The van der Waals surface area contributed by atoms with Gasteiger partial charge in [-0.2, -0.15) is 5.10 Å². The van der Waals surface area contributed by atoms with Crippen molar-refractivity contribution in [1.82, 2.24) is 14.9 Å². The number of nitrogens with zero attached hydrogens (tertiary/aromatic N) is 2. The molecule has 0 bridgehead atoms. The molecule has 0 aliphatic heterocycles. The molecular formula is C14H17F2N3. The lowest BCUT2D eigenvalue weighted by molar-refractivity contribution is 0.102. The first-order chi connectivity index (χ1) is 9.11. The van der Waals surface area contributed by atoms with Gasteiger partial charge in [-0.3, -0.25) is 0 Å². The van der Waals surface area contributed by atoms with Crippen LogP contribution in [0.4, 0.5) is 8.78 Å². The van der Waals surface area contributed by atoms with Gasteiger partial charge < -0.3 is 5.32 Å². The van der Waals surface area contributed by atoms with Crippen LogP contribution in [0.1, 0.15) is 30.4 Å². The van der Waals surface area contributed by atoms with Gasteiger partial charge in [-0.1, -0.05) is 6.07 Å². The molecule has 2 aromatic rings. The van der Waals surface area contributed by atoms with Gasteiger partial charge in [-0.25, -0.2) is 13.3 Å². The van der Waals surface area contributed by atoms with Gasteiger partial charge in [0.15, 0.2) is 0 Å². The van der Waals surface area contributed by atoms with Gasteiger partial charge in [0.25, 0.3) is 6.43 Å². The summed E-state index contributed by atoms with van der Waals surface area (Å²) < 4.78 is 26.7. The lowest BCUT2D eigenvalue weighted by Gasteiger charge is -2.43. The van der Waals surface area contributed by atoms with Crippen LogP contribution in [0.5, 0.6) is 0 Å². The van der Waals surface area contributed by atoms with E-state index in [1.54, 1.807) is 0 Å². The zero-order chi connectivity index (χ0) is 13.5. The molecule has 1 fully saturated rings. The summed E-state index contributed by atoms with van der Waals surface area (Å²) in [6.07, 6.45) is 4.36. The lowest BCUT2D eigenvalue weighted by atomic mass is 9.72. The Morgan fingerprint density at radius 3 is 2.84 bits per heavy atom. The molecule has 19 heavy (non-hydrogen) atoms. The van der Waals surface area contributed by atoms with Crippen molar-refractivity contribution in [3.63, 3.8) is 0 Å². The molecule has 0 unspecified atom stereocenters. The quantitative estimate of drug-likeness (QED) is 0.921. The third kappa shape index (κ3) is 2.12. The van der Waals surface area contributed by atoms with Crippen LogP contribution < -0.4 is 5.32 Å². The summed E-state index contributed by atoms with van der Waals surface area (Å²) in [5.41, 5.74) is 2.95. The van der Waals surface area contributed by atoms with Crippen LogP contribution in [-0.2, 0) is 5.54 Å². The first-order valence-corrected chi connectivity index (χ1v) is 6.58. The zero-order valence-electron chi connectivity index (χ0n) is 10.9. The maximum Gasteiger partial charge on any atom is 0.250 e. The predicted octanol–water partition coefficient (Wildman–Crippen LogP) is 2.88. The van der Waals surface area contributed by atoms with Gasteiger partial charge in [0.2, 0.25) is 0 Å². The topological polar surface area (TPSA) is 29.3 Å². The molecule has 5 heteroatoms. The van der Waals surface area contributed by atoms with E-state index in [4.69, 9.17) is 0 Å². The fourth-order valence-corrected chi connectivity index (χ4v) is 2.77. The molecule has 2 heterocycles. The molecule has 2 aromatic heterocycles. The highest BCUT2D eigenvalue weighted by Gasteiger charge is 2.39. The Balaban J connectivity index is 1.92. The van der Waals surface area contributed by atoms with Crippen LogP contribution in [-0.4, -0.2) is 22.6 Å². The summed E-state index contributed by atoms with van der Waals surface area (Å²) >= 11 is 0. The van der Waals surface area contributed by atoms with Crippen molar-refractivity contribution in [2.24, 2.45) is 0 Å². The van der Waals surface area contributed by atoms with Crippen LogP contribution in [0.2, 0.25) is 0 Å². The SMILES string of the molecule is Cc1cnn2cc(C3(NCC(F)F)CCC3)ccc12. The van der Waals surface area contributed by atoms with E-state index in [0.29, 0.717) is 0 Å². The molecule has 0 saturated heterocycles. The number of fused-ring (bicyclic) bond motifs is 1. The van der Waals surface area contributed by atoms with Gasteiger partial charge in [0.05, 0.1) is 18.3 Å². The molecule has 3 nitrogen and oxygen atoms in total. The number of hydrogen-bond acceptors (Lipinski definition) is 2. The molecule has 1 saturated carbocycles. The predicted molar refractivity (Wildman–Crippen MR) is 69.5 cm³/mol. The Hall–Kier alpha value is -1.49. The molecule has 0 radical (unpaired) electrons. The number of rotatable bonds is 4. The number of nitrogens with one attached hydrogen (secondary N) is 1. The molecular weight excluding hydrogens is 248 g/mol. The first-order valence-electron chi connectivity index (χ1n) is 6.58. The molecule has 1 aliphatic rings. The number of aromatic nitrogens is 2. The van der Waals surface area contributed by atoms with Crippen molar-refractivity contribution >= 4 is 5.52 Å². The number of pyridine rings is 1. The largest absolute Gasteiger partial charge is 0.302 e. The number of halogens is 2. The van der Waals surface area contributed by atoms with Gasteiger partial charge in [-0.15, -0.1) is 0 Å². The Labute approximate surface area is 110 Å². The molecule has 1 N–H and O–H groups in total. The second-order valence-electron chi connectivity index (χ2n) is 5.28. The summed E-state index contributed by atoms with van der Waals surface area (Å²) in [4.78, 5) is 0. The molecule has 0 aromatic carbocycles. The summed E-state index contributed by atoms with van der Waals surface area (Å²) in [5, 5.41) is 7.32. The van der Waals surface area contributed by atoms with Crippen molar-refractivity contribution in [2.45, 2.75) is 38.2 Å². The van der Waals surface area contributed by atoms with Gasteiger partial charge in [0.1, 0.15) is 0 Å². The highest BCUT2D eigenvalue weighted by Crippen LogP contribution is 2.41. The average molecular weight is 265 g/mol.